The van der Waals surface area contributed by atoms with E-state index in [1.54, 1.807) is 12.4 Å². The normalized spacial score (nSPS) is 10.8. The van der Waals surface area contributed by atoms with Crippen molar-refractivity contribution in [1.82, 2.24) is 9.55 Å². The number of pyridine rings is 1. The molecular formula is C8H7BrN2O. The number of hydrogen-bond acceptors (Lipinski definition) is 2. The number of halogens is 1. The molecule has 0 aromatic carbocycles. The Balaban J connectivity index is 2.99. The van der Waals surface area contributed by atoms with Crippen molar-refractivity contribution < 1.29 is 5.11 Å². The second-order valence-electron chi connectivity index (χ2n) is 2.62. The molecule has 0 atom stereocenters. The third-order valence-electron chi connectivity index (χ3n) is 1.83. The van der Waals surface area contributed by atoms with Gasteiger partial charge in [0, 0.05) is 19.4 Å². The average Bonchev–Trinajstić information content (AvgIpc) is 2.29. The zero-order chi connectivity index (χ0) is 8.72. The van der Waals surface area contributed by atoms with E-state index in [0.717, 1.165) is 10.9 Å². The van der Waals surface area contributed by atoms with Crippen LogP contribution in [-0.4, -0.2) is 14.7 Å². The number of aryl methyl sites for hydroxylation is 1. The summed E-state index contributed by atoms with van der Waals surface area (Å²) < 4.78 is 2.54. The minimum absolute atomic E-state index is 0.257. The van der Waals surface area contributed by atoms with Crippen LogP contribution in [0.15, 0.2) is 23.1 Å². The number of fused-ring (bicyclic) bond motifs is 1. The predicted octanol–water partition coefficient (Wildman–Crippen LogP) is 2.04. The van der Waals surface area contributed by atoms with Gasteiger partial charge in [0.2, 0.25) is 0 Å². The molecule has 2 heterocycles. The zero-order valence-corrected chi connectivity index (χ0v) is 8.04. The van der Waals surface area contributed by atoms with Gasteiger partial charge in [-0.3, -0.25) is 0 Å². The maximum absolute atomic E-state index is 9.48. The highest BCUT2D eigenvalue weighted by Gasteiger charge is 2.08. The second kappa shape index (κ2) is 2.48. The van der Waals surface area contributed by atoms with E-state index >= 15 is 0 Å². The van der Waals surface area contributed by atoms with Gasteiger partial charge in [-0.15, -0.1) is 0 Å². The highest BCUT2D eigenvalue weighted by atomic mass is 79.9. The van der Waals surface area contributed by atoms with Crippen molar-refractivity contribution >= 4 is 26.8 Å². The summed E-state index contributed by atoms with van der Waals surface area (Å²) >= 11 is 3.28. The van der Waals surface area contributed by atoms with E-state index in [9.17, 15) is 5.11 Å². The number of nitrogens with zero attached hydrogens (tertiary/aromatic N) is 2. The first kappa shape index (κ1) is 7.61. The molecule has 2 aromatic rings. The minimum atomic E-state index is 0.257. The topological polar surface area (TPSA) is 38.0 Å². The number of hydrogen-bond donors (Lipinski definition) is 1. The number of aromatic nitrogens is 2. The van der Waals surface area contributed by atoms with E-state index in [1.165, 1.54) is 0 Å². The maximum Gasteiger partial charge on any atom is 0.143 e. The van der Waals surface area contributed by atoms with Crippen LogP contribution < -0.4 is 0 Å². The molecule has 0 radical (unpaired) electrons. The van der Waals surface area contributed by atoms with Crippen LogP contribution in [0.2, 0.25) is 0 Å². The van der Waals surface area contributed by atoms with Gasteiger partial charge in [0.15, 0.2) is 0 Å². The van der Waals surface area contributed by atoms with Crippen molar-refractivity contribution in [2.45, 2.75) is 0 Å². The molecule has 0 aliphatic heterocycles. The molecule has 0 amide bonds. The maximum atomic E-state index is 9.48. The summed E-state index contributed by atoms with van der Waals surface area (Å²) in [5, 5.41) is 10.2. The minimum Gasteiger partial charge on any atom is -0.506 e. The fourth-order valence-corrected chi connectivity index (χ4v) is 1.80. The highest BCUT2D eigenvalue weighted by Crippen LogP contribution is 2.30. The van der Waals surface area contributed by atoms with Gasteiger partial charge in [-0.1, -0.05) is 0 Å². The van der Waals surface area contributed by atoms with Crippen molar-refractivity contribution in [2.75, 3.05) is 0 Å². The molecule has 4 heteroatoms. The zero-order valence-electron chi connectivity index (χ0n) is 6.45. The standard InChI is InChI=1S/C8H7BrN2O/c1-11-4-6(12)7-5(11)2-3-10-8(7)9/h2-4,12H,1H3. The Morgan fingerprint density at radius 2 is 2.33 bits per heavy atom. The molecular weight excluding hydrogens is 220 g/mol. The summed E-state index contributed by atoms with van der Waals surface area (Å²) in [5.74, 6) is 0.257. The summed E-state index contributed by atoms with van der Waals surface area (Å²) in [6.45, 7) is 0. The van der Waals surface area contributed by atoms with Gasteiger partial charge in [0.05, 0.1) is 10.9 Å². The molecule has 0 bridgehead atoms. The predicted molar refractivity (Wildman–Crippen MR) is 50.1 cm³/mol. The van der Waals surface area contributed by atoms with E-state index in [2.05, 4.69) is 20.9 Å². The Morgan fingerprint density at radius 1 is 1.58 bits per heavy atom. The molecule has 1 N–H and O–H groups in total. The molecule has 2 rings (SSSR count). The largest absolute Gasteiger partial charge is 0.506 e. The van der Waals surface area contributed by atoms with Gasteiger partial charge >= 0.3 is 0 Å². The summed E-state index contributed by atoms with van der Waals surface area (Å²) in [6, 6.07) is 1.86. The molecule has 0 spiro atoms. The Labute approximate surface area is 77.8 Å². The van der Waals surface area contributed by atoms with Gasteiger partial charge in [-0.25, -0.2) is 4.98 Å². The Kier molecular flexibility index (Phi) is 1.58. The first-order chi connectivity index (χ1) is 5.70. The molecule has 0 aliphatic rings. The number of aromatic hydroxyl groups is 1. The van der Waals surface area contributed by atoms with Crippen molar-refractivity contribution in [2.24, 2.45) is 7.05 Å². The lowest BCUT2D eigenvalue weighted by Crippen LogP contribution is -1.83. The second-order valence-corrected chi connectivity index (χ2v) is 3.37. The van der Waals surface area contributed by atoms with Crippen molar-refractivity contribution in [1.29, 1.82) is 0 Å². The third-order valence-corrected chi connectivity index (χ3v) is 2.44. The van der Waals surface area contributed by atoms with Gasteiger partial charge in [-0.05, 0) is 22.0 Å². The van der Waals surface area contributed by atoms with Crippen LogP contribution in [-0.2, 0) is 7.05 Å². The van der Waals surface area contributed by atoms with Crippen molar-refractivity contribution in [3.63, 3.8) is 0 Å². The van der Waals surface area contributed by atoms with E-state index < -0.39 is 0 Å². The van der Waals surface area contributed by atoms with Gasteiger partial charge in [0.25, 0.3) is 0 Å². The van der Waals surface area contributed by atoms with Gasteiger partial charge < -0.3 is 9.67 Å². The van der Waals surface area contributed by atoms with E-state index in [1.807, 2.05) is 17.7 Å². The lowest BCUT2D eigenvalue weighted by molar-refractivity contribution is 0.479. The fraction of sp³-hybridized carbons (Fsp3) is 0.125. The number of rotatable bonds is 0. The summed E-state index contributed by atoms with van der Waals surface area (Å²) in [6.07, 6.45) is 3.36. The Bertz CT molecular complexity index is 436. The van der Waals surface area contributed by atoms with Crippen molar-refractivity contribution in [3.05, 3.63) is 23.1 Å². The van der Waals surface area contributed by atoms with E-state index in [-0.39, 0.29) is 5.75 Å². The molecule has 0 saturated heterocycles. The molecule has 12 heavy (non-hydrogen) atoms. The molecule has 0 unspecified atom stereocenters. The Hall–Kier alpha value is -1.03. The monoisotopic (exact) mass is 226 g/mol. The fourth-order valence-electron chi connectivity index (χ4n) is 1.28. The Morgan fingerprint density at radius 3 is 3.00 bits per heavy atom. The van der Waals surface area contributed by atoms with Gasteiger partial charge in [-0.2, -0.15) is 0 Å². The highest BCUT2D eigenvalue weighted by molar-refractivity contribution is 9.10. The van der Waals surface area contributed by atoms with Crippen LogP contribution in [0.5, 0.6) is 5.75 Å². The van der Waals surface area contributed by atoms with Crippen LogP contribution in [0.3, 0.4) is 0 Å². The molecule has 2 aromatic heterocycles. The molecule has 3 nitrogen and oxygen atoms in total. The van der Waals surface area contributed by atoms with Crippen LogP contribution in [0.1, 0.15) is 0 Å². The van der Waals surface area contributed by atoms with Gasteiger partial charge in [0.1, 0.15) is 10.4 Å². The first-order valence-electron chi connectivity index (χ1n) is 3.48. The molecule has 0 saturated carbocycles. The van der Waals surface area contributed by atoms with E-state index in [0.29, 0.717) is 4.60 Å². The lowest BCUT2D eigenvalue weighted by Gasteiger charge is -1.95. The quantitative estimate of drug-likeness (QED) is 0.699. The van der Waals surface area contributed by atoms with Crippen LogP contribution in [0.25, 0.3) is 10.9 Å². The third kappa shape index (κ3) is 0.914. The van der Waals surface area contributed by atoms with Crippen LogP contribution in [0, 0.1) is 0 Å². The smallest absolute Gasteiger partial charge is 0.143 e. The van der Waals surface area contributed by atoms with E-state index in [4.69, 9.17) is 0 Å². The van der Waals surface area contributed by atoms with Crippen LogP contribution in [0.4, 0.5) is 0 Å². The SMILES string of the molecule is Cn1cc(O)c2c(Br)nccc21. The first-order valence-corrected chi connectivity index (χ1v) is 4.28. The summed E-state index contributed by atoms with van der Waals surface area (Å²) in [4.78, 5) is 4.02. The summed E-state index contributed by atoms with van der Waals surface area (Å²) in [5.41, 5.74) is 0.967. The molecule has 0 fully saturated rings. The molecule has 0 aliphatic carbocycles. The lowest BCUT2D eigenvalue weighted by atomic mass is 10.3. The average molecular weight is 227 g/mol. The summed E-state index contributed by atoms with van der Waals surface area (Å²) in [7, 11) is 1.88. The molecule has 62 valence electrons. The van der Waals surface area contributed by atoms with Crippen LogP contribution >= 0.6 is 15.9 Å². The van der Waals surface area contributed by atoms with Crippen molar-refractivity contribution in [3.8, 4) is 5.75 Å².